The normalized spacial score (nSPS) is 13.2. The van der Waals surface area contributed by atoms with E-state index in [1.165, 1.54) is 22.4 Å². The maximum atomic E-state index is 13.1. The highest BCUT2D eigenvalue weighted by Gasteiger charge is 2.28. The summed E-state index contributed by atoms with van der Waals surface area (Å²) in [5.74, 6) is -0.259. The Morgan fingerprint density at radius 2 is 2.12 bits per heavy atom. The van der Waals surface area contributed by atoms with Crippen molar-refractivity contribution in [1.29, 1.82) is 0 Å². The molecule has 1 aliphatic rings. The summed E-state index contributed by atoms with van der Waals surface area (Å²) in [4.78, 5) is 32.6. The van der Waals surface area contributed by atoms with Gasteiger partial charge < -0.3 is 15.5 Å². The van der Waals surface area contributed by atoms with Crippen LogP contribution in [0, 0.1) is 0 Å². The molecule has 6 nitrogen and oxygen atoms in total. The number of aromatic nitrogens is 1. The summed E-state index contributed by atoms with van der Waals surface area (Å²) in [6.07, 6.45) is 7.25. The lowest BCUT2D eigenvalue weighted by molar-refractivity contribution is 0.0797. The highest BCUT2D eigenvalue weighted by atomic mass is 32.1. The molecule has 2 heterocycles. The predicted molar refractivity (Wildman–Crippen MR) is 104 cm³/mol. The van der Waals surface area contributed by atoms with Gasteiger partial charge in [-0.2, -0.15) is 0 Å². The number of pyridine rings is 1. The molecular weight excluding hydrogens is 348 g/mol. The number of nitrogens with zero attached hydrogens (tertiary/aromatic N) is 2. The number of hydrogen-bond donors (Lipinski definition) is 2. The fourth-order valence-electron chi connectivity index (χ4n) is 3.12. The van der Waals surface area contributed by atoms with Crippen LogP contribution in [0.5, 0.6) is 0 Å². The Morgan fingerprint density at radius 3 is 2.85 bits per heavy atom. The summed E-state index contributed by atoms with van der Waals surface area (Å²) >= 11 is 1.54. The maximum Gasteiger partial charge on any atom is 0.257 e. The fraction of sp³-hybridized carbons (Fsp3) is 0.421. The molecule has 0 atom stereocenters. The third-order valence-corrected chi connectivity index (χ3v) is 5.79. The van der Waals surface area contributed by atoms with E-state index in [1.807, 2.05) is 7.05 Å². The summed E-state index contributed by atoms with van der Waals surface area (Å²) in [5.41, 5.74) is 2.27. The number of amides is 2. The monoisotopic (exact) mass is 372 g/mol. The molecule has 2 amide bonds. The Labute approximate surface area is 157 Å². The summed E-state index contributed by atoms with van der Waals surface area (Å²) in [5, 5.41) is 6.67. The zero-order chi connectivity index (χ0) is 18.5. The molecule has 0 fully saturated rings. The van der Waals surface area contributed by atoms with Crippen LogP contribution in [0.3, 0.4) is 0 Å². The molecule has 0 unspecified atom stereocenters. The van der Waals surface area contributed by atoms with Crippen molar-refractivity contribution in [2.45, 2.75) is 25.7 Å². The third kappa shape index (κ3) is 3.94. The SMILES string of the molecule is CNCCN(C)C(=O)c1c(NC(=O)c2cccnc2)sc2c1CCCC2. The van der Waals surface area contributed by atoms with Crippen molar-refractivity contribution in [3.63, 3.8) is 0 Å². The molecule has 3 rings (SSSR count). The lowest BCUT2D eigenvalue weighted by Crippen LogP contribution is -2.33. The van der Waals surface area contributed by atoms with Crippen molar-refractivity contribution < 1.29 is 9.59 Å². The van der Waals surface area contributed by atoms with Crippen LogP contribution in [0.2, 0.25) is 0 Å². The summed E-state index contributed by atoms with van der Waals surface area (Å²) < 4.78 is 0. The van der Waals surface area contributed by atoms with Gasteiger partial charge in [-0.1, -0.05) is 0 Å². The van der Waals surface area contributed by atoms with Crippen molar-refractivity contribution in [2.75, 3.05) is 32.5 Å². The van der Waals surface area contributed by atoms with Crippen LogP contribution < -0.4 is 10.6 Å². The second-order valence-electron chi connectivity index (χ2n) is 6.44. The highest BCUT2D eigenvalue weighted by Crippen LogP contribution is 2.39. The molecule has 0 aromatic carbocycles. The number of rotatable bonds is 6. The van der Waals surface area contributed by atoms with Gasteiger partial charge in [0, 0.05) is 37.4 Å². The largest absolute Gasteiger partial charge is 0.340 e. The molecule has 0 saturated carbocycles. The summed E-state index contributed by atoms with van der Waals surface area (Å²) in [6.45, 7) is 1.35. The van der Waals surface area contributed by atoms with Crippen LogP contribution in [0.1, 0.15) is 44.0 Å². The molecule has 2 aromatic rings. The molecule has 7 heteroatoms. The molecule has 2 aromatic heterocycles. The summed E-state index contributed by atoms with van der Waals surface area (Å²) in [6, 6.07) is 3.45. The average Bonchev–Trinajstić information content (AvgIpc) is 3.03. The lowest BCUT2D eigenvalue weighted by Gasteiger charge is -2.19. The molecule has 1 aliphatic carbocycles. The van der Waals surface area contributed by atoms with E-state index in [2.05, 4.69) is 15.6 Å². The topological polar surface area (TPSA) is 74.3 Å². The van der Waals surface area contributed by atoms with Crippen LogP contribution >= 0.6 is 11.3 Å². The van der Waals surface area contributed by atoms with Crippen LogP contribution in [0.15, 0.2) is 24.5 Å². The van der Waals surface area contributed by atoms with Crippen molar-refractivity contribution in [3.05, 3.63) is 46.1 Å². The van der Waals surface area contributed by atoms with E-state index < -0.39 is 0 Å². The Morgan fingerprint density at radius 1 is 1.31 bits per heavy atom. The first-order valence-electron chi connectivity index (χ1n) is 8.87. The van der Waals surface area contributed by atoms with Crippen molar-refractivity contribution >= 4 is 28.2 Å². The van der Waals surface area contributed by atoms with Gasteiger partial charge in [0.1, 0.15) is 5.00 Å². The van der Waals surface area contributed by atoms with Crippen LogP contribution in [0.25, 0.3) is 0 Å². The van der Waals surface area contributed by atoms with Crippen molar-refractivity contribution in [2.24, 2.45) is 0 Å². The van der Waals surface area contributed by atoms with E-state index in [-0.39, 0.29) is 11.8 Å². The first kappa shape index (κ1) is 18.5. The van der Waals surface area contributed by atoms with Crippen molar-refractivity contribution in [1.82, 2.24) is 15.2 Å². The number of thiophene rings is 1. The van der Waals surface area contributed by atoms with Gasteiger partial charge in [-0.3, -0.25) is 14.6 Å². The van der Waals surface area contributed by atoms with E-state index in [0.717, 1.165) is 37.8 Å². The van der Waals surface area contributed by atoms with Crippen LogP contribution in [0.4, 0.5) is 5.00 Å². The minimum absolute atomic E-state index is 0.0267. The van der Waals surface area contributed by atoms with E-state index in [1.54, 1.807) is 30.3 Å². The van der Waals surface area contributed by atoms with Gasteiger partial charge in [0.2, 0.25) is 0 Å². The van der Waals surface area contributed by atoms with Gasteiger partial charge in [0.05, 0.1) is 11.1 Å². The molecule has 0 saturated heterocycles. The van der Waals surface area contributed by atoms with Crippen LogP contribution in [-0.4, -0.2) is 48.9 Å². The second-order valence-corrected chi connectivity index (χ2v) is 7.55. The van der Waals surface area contributed by atoms with E-state index >= 15 is 0 Å². The number of hydrogen-bond acceptors (Lipinski definition) is 5. The number of anilines is 1. The number of carbonyl (C=O) groups is 2. The highest BCUT2D eigenvalue weighted by molar-refractivity contribution is 7.17. The number of likely N-dealkylation sites (N-methyl/N-ethyl adjacent to an activating group) is 2. The number of nitrogens with one attached hydrogen (secondary N) is 2. The van der Waals surface area contributed by atoms with E-state index in [0.29, 0.717) is 22.7 Å². The zero-order valence-corrected chi connectivity index (χ0v) is 16.0. The number of fused-ring (bicyclic) bond motifs is 1. The molecule has 0 aliphatic heterocycles. The lowest BCUT2D eigenvalue weighted by atomic mass is 9.95. The molecule has 0 spiro atoms. The molecule has 26 heavy (non-hydrogen) atoms. The Kier molecular flexibility index (Phi) is 6.00. The predicted octanol–water partition coefficient (Wildman–Crippen LogP) is 2.57. The Bertz CT molecular complexity index is 788. The van der Waals surface area contributed by atoms with Gasteiger partial charge in [-0.25, -0.2) is 0 Å². The third-order valence-electron chi connectivity index (χ3n) is 4.58. The first-order chi connectivity index (χ1) is 12.6. The molecule has 138 valence electrons. The van der Waals surface area contributed by atoms with E-state index in [4.69, 9.17) is 0 Å². The van der Waals surface area contributed by atoms with E-state index in [9.17, 15) is 9.59 Å². The molecule has 0 radical (unpaired) electrons. The maximum absolute atomic E-state index is 13.1. The first-order valence-corrected chi connectivity index (χ1v) is 9.69. The molecule has 0 bridgehead atoms. The fourth-order valence-corrected chi connectivity index (χ4v) is 4.40. The number of aryl methyl sites for hydroxylation is 1. The van der Waals surface area contributed by atoms with Gasteiger partial charge >= 0.3 is 0 Å². The number of carbonyl (C=O) groups excluding carboxylic acids is 2. The van der Waals surface area contributed by atoms with Gasteiger partial charge in [0.15, 0.2) is 0 Å². The average molecular weight is 372 g/mol. The minimum atomic E-state index is -0.233. The zero-order valence-electron chi connectivity index (χ0n) is 15.2. The Hall–Kier alpha value is -2.25. The minimum Gasteiger partial charge on any atom is -0.340 e. The van der Waals surface area contributed by atoms with Gasteiger partial charge in [0.25, 0.3) is 11.8 Å². The van der Waals surface area contributed by atoms with Crippen LogP contribution in [-0.2, 0) is 12.8 Å². The second kappa shape index (κ2) is 8.42. The molecular formula is C19H24N4O2S. The van der Waals surface area contributed by atoms with Crippen molar-refractivity contribution in [3.8, 4) is 0 Å². The van der Waals surface area contributed by atoms with Gasteiger partial charge in [-0.05, 0) is 50.4 Å². The smallest absolute Gasteiger partial charge is 0.257 e. The quantitative estimate of drug-likeness (QED) is 0.817. The Balaban J connectivity index is 1.90. The summed E-state index contributed by atoms with van der Waals surface area (Å²) in [7, 11) is 3.67. The molecule has 2 N–H and O–H groups in total. The standard InChI is InChI=1S/C19H24N4O2S/c1-20-10-11-23(2)19(25)16-14-7-3-4-8-15(14)26-18(16)22-17(24)13-6-5-9-21-12-13/h5-6,9,12,20H,3-4,7-8,10-11H2,1-2H3,(H,22,24). The van der Waals surface area contributed by atoms with Gasteiger partial charge in [-0.15, -0.1) is 11.3 Å².